The van der Waals surface area contributed by atoms with Gasteiger partial charge in [0.1, 0.15) is 5.82 Å². The van der Waals surface area contributed by atoms with Gasteiger partial charge < -0.3 is 10.2 Å². The number of carbonyl (C=O) groups excluding carboxylic acids is 1. The van der Waals surface area contributed by atoms with Crippen molar-refractivity contribution in [3.05, 3.63) is 24.4 Å². The lowest BCUT2D eigenvalue weighted by Crippen LogP contribution is -2.50. The van der Waals surface area contributed by atoms with Gasteiger partial charge in [0.05, 0.1) is 6.54 Å². The van der Waals surface area contributed by atoms with Crippen LogP contribution < -0.4 is 10.2 Å². The van der Waals surface area contributed by atoms with Crippen LogP contribution in [-0.4, -0.2) is 54.6 Å². The van der Waals surface area contributed by atoms with Crippen molar-refractivity contribution in [3.8, 4) is 0 Å². The number of aromatic nitrogens is 1. The van der Waals surface area contributed by atoms with Crippen LogP contribution in [0.2, 0.25) is 0 Å². The smallest absolute Gasteiger partial charge is 0.234 e. The fourth-order valence-corrected chi connectivity index (χ4v) is 2.85. The standard InChI is InChI=1S/C18H30N4O/c1-15(2)7-8-16(3)20-18(23)14-21-10-12-22(13-11-21)17-6-4-5-9-19-17/h4-6,9,15-16H,7-8,10-14H2,1-3H3,(H,20,23)/t16-/m1/s1. The molecule has 23 heavy (non-hydrogen) atoms. The Morgan fingerprint density at radius 2 is 1.91 bits per heavy atom. The van der Waals surface area contributed by atoms with Crippen LogP contribution in [-0.2, 0) is 4.79 Å². The highest BCUT2D eigenvalue weighted by atomic mass is 16.2. The zero-order valence-corrected chi connectivity index (χ0v) is 14.7. The minimum atomic E-state index is 0.146. The van der Waals surface area contributed by atoms with E-state index >= 15 is 0 Å². The molecule has 5 heteroatoms. The van der Waals surface area contributed by atoms with Crippen LogP contribution in [0.4, 0.5) is 5.82 Å². The number of hydrogen-bond acceptors (Lipinski definition) is 4. The third-order valence-corrected chi connectivity index (χ3v) is 4.30. The second-order valence-corrected chi connectivity index (χ2v) is 6.89. The summed E-state index contributed by atoms with van der Waals surface area (Å²) in [5.74, 6) is 1.86. The van der Waals surface area contributed by atoms with Gasteiger partial charge in [-0.3, -0.25) is 9.69 Å². The number of hydrogen-bond donors (Lipinski definition) is 1. The third-order valence-electron chi connectivity index (χ3n) is 4.30. The Morgan fingerprint density at radius 1 is 1.17 bits per heavy atom. The van der Waals surface area contributed by atoms with Crippen LogP contribution in [0.3, 0.4) is 0 Å². The van der Waals surface area contributed by atoms with Crippen LogP contribution in [0.5, 0.6) is 0 Å². The largest absolute Gasteiger partial charge is 0.354 e. The normalized spacial score (nSPS) is 17.3. The number of rotatable bonds is 7. The molecule has 1 N–H and O–H groups in total. The zero-order chi connectivity index (χ0) is 16.7. The summed E-state index contributed by atoms with van der Waals surface area (Å²) >= 11 is 0. The van der Waals surface area contributed by atoms with Crippen LogP contribution in [0.15, 0.2) is 24.4 Å². The van der Waals surface area contributed by atoms with E-state index in [4.69, 9.17) is 0 Å². The first-order valence-corrected chi connectivity index (χ1v) is 8.72. The number of amides is 1. The summed E-state index contributed by atoms with van der Waals surface area (Å²) in [6, 6.07) is 6.25. The fourth-order valence-electron chi connectivity index (χ4n) is 2.85. The second kappa shape index (κ2) is 8.87. The molecule has 0 unspecified atom stereocenters. The quantitative estimate of drug-likeness (QED) is 0.837. The lowest BCUT2D eigenvalue weighted by atomic mass is 10.0. The van der Waals surface area contributed by atoms with E-state index in [9.17, 15) is 4.79 Å². The van der Waals surface area contributed by atoms with Crippen molar-refractivity contribution in [2.24, 2.45) is 5.92 Å². The topological polar surface area (TPSA) is 48.5 Å². The molecular weight excluding hydrogens is 288 g/mol. The lowest BCUT2D eigenvalue weighted by Gasteiger charge is -2.35. The summed E-state index contributed by atoms with van der Waals surface area (Å²) in [6.45, 7) is 10.7. The van der Waals surface area contributed by atoms with E-state index in [-0.39, 0.29) is 11.9 Å². The van der Waals surface area contributed by atoms with Gasteiger partial charge in [0, 0.05) is 38.4 Å². The van der Waals surface area contributed by atoms with Crippen molar-refractivity contribution >= 4 is 11.7 Å². The van der Waals surface area contributed by atoms with Crippen LogP contribution in [0.1, 0.15) is 33.6 Å². The minimum absolute atomic E-state index is 0.146. The summed E-state index contributed by atoms with van der Waals surface area (Å²) in [5, 5.41) is 3.12. The molecule has 1 fully saturated rings. The SMILES string of the molecule is CC(C)CC[C@@H](C)NC(=O)CN1CCN(c2ccccn2)CC1. The van der Waals surface area contributed by atoms with E-state index < -0.39 is 0 Å². The van der Waals surface area contributed by atoms with Crippen molar-refractivity contribution < 1.29 is 4.79 Å². The maximum Gasteiger partial charge on any atom is 0.234 e. The number of nitrogens with one attached hydrogen (secondary N) is 1. The fraction of sp³-hybridized carbons (Fsp3) is 0.667. The lowest BCUT2D eigenvalue weighted by molar-refractivity contribution is -0.123. The Labute approximate surface area is 140 Å². The second-order valence-electron chi connectivity index (χ2n) is 6.89. The molecule has 2 rings (SSSR count). The Hall–Kier alpha value is -1.62. The zero-order valence-electron chi connectivity index (χ0n) is 14.7. The number of pyridine rings is 1. The Morgan fingerprint density at radius 3 is 2.52 bits per heavy atom. The molecule has 0 saturated carbocycles. The van der Waals surface area contributed by atoms with Gasteiger partial charge in [0.15, 0.2) is 0 Å². The molecule has 0 spiro atoms. The van der Waals surface area contributed by atoms with Gasteiger partial charge in [-0.1, -0.05) is 19.9 Å². The van der Waals surface area contributed by atoms with Gasteiger partial charge in [0.25, 0.3) is 0 Å². The molecule has 1 aromatic heterocycles. The summed E-state index contributed by atoms with van der Waals surface area (Å²) in [6.07, 6.45) is 4.04. The number of nitrogens with zero attached hydrogens (tertiary/aromatic N) is 3. The molecule has 1 aliphatic heterocycles. The molecule has 0 aromatic carbocycles. The van der Waals surface area contributed by atoms with Crippen LogP contribution in [0.25, 0.3) is 0 Å². The number of piperazine rings is 1. The van der Waals surface area contributed by atoms with Crippen molar-refractivity contribution in [1.82, 2.24) is 15.2 Å². The van der Waals surface area contributed by atoms with Crippen molar-refractivity contribution in [2.75, 3.05) is 37.6 Å². The molecule has 0 radical (unpaired) electrons. The highest BCUT2D eigenvalue weighted by Crippen LogP contribution is 2.12. The van der Waals surface area contributed by atoms with Crippen molar-refractivity contribution in [3.63, 3.8) is 0 Å². The summed E-state index contributed by atoms with van der Waals surface area (Å²) in [5.41, 5.74) is 0. The van der Waals surface area contributed by atoms with Gasteiger partial charge in [-0.05, 0) is 37.8 Å². The maximum atomic E-state index is 12.1. The average molecular weight is 318 g/mol. The summed E-state index contributed by atoms with van der Waals surface area (Å²) in [4.78, 5) is 21.0. The maximum absolute atomic E-state index is 12.1. The van der Waals surface area contributed by atoms with E-state index in [0.29, 0.717) is 12.5 Å². The van der Waals surface area contributed by atoms with Gasteiger partial charge in [-0.25, -0.2) is 4.98 Å². The molecule has 1 aliphatic rings. The molecule has 0 bridgehead atoms. The van der Waals surface area contributed by atoms with Gasteiger partial charge in [0.2, 0.25) is 5.91 Å². The minimum Gasteiger partial charge on any atom is -0.354 e. The molecule has 2 heterocycles. The van der Waals surface area contributed by atoms with Crippen LogP contribution in [0, 0.1) is 5.92 Å². The molecule has 0 aliphatic carbocycles. The van der Waals surface area contributed by atoms with Gasteiger partial charge in [-0.2, -0.15) is 0 Å². The first kappa shape index (κ1) is 17.7. The van der Waals surface area contributed by atoms with E-state index in [1.807, 2.05) is 24.4 Å². The number of carbonyl (C=O) groups is 1. The molecular formula is C18H30N4O. The molecule has 1 amide bonds. The molecule has 1 saturated heterocycles. The first-order chi connectivity index (χ1) is 11.0. The number of anilines is 1. The Kier molecular flexibility index (Phi) is 6.84. The summed E-state index contributed by atoms with van der Waals surface area (Å²) < 4.78 is 0. The van der Waals surface area contributed by atoms with Crippen molar-refractivity contribution in [2.45, 2.75) is 39.7 Å². The molecule has 1 aromatic rings. The Balaban J connectivity index is 1.68. The molecule has 5 nitrogen and oxygen atoms in total. The molecule has 1 atom stereocenters. The van der Waals surface area contributed by atoms with E-state index in [2.05, 4.69) is 40.9 Å². The van der Waals surface area contributed by atoms with E-state index in [0.717, 1.165) is 44.8 Å². The van der Waals surface area contributed by atoms with E-state index in [1.165, 1.54) is 0 Å². The van der Waals surface area contributed by atoms with Crippen molar-refractivity contribution in [1.29, 1.82) is 0 Å². The predicted octanol–water partition coefficient (Wildman–Crippen LogP) is 2.14. The Bertz CT molecular complexity index is 469. The van der Waals surface area contributed by atoms with Gasteiger partial charge in [-0.15, -0.1) is 0 Å². The van der Waals surface area contributed by atoms with E-state index in [1.54, 1.807) is 0 Å². The highest BCUT2D eigenvalue weighted by Gasteiger charge is 2.20. The monoisotopic (exact) mass is 318 g/mol. The first-order valence-electron chi connectivity index (χ1n) is 8.72. The highest BCUT2D eigenvalue weighted by molar-refractivity contribution is 5.78. The average Bonchev–Trinajstić information content (AvgIpc) is 2.54. The third kappa shape index (κ3) is 6.18. The predicted molar refractivity (Wildman–Crippen MR) is 94.6 cm³/mol. The van der Waals surface area contributed by atoms with Gasteiger partial charge >= 0.3 is 0 Å². The van der Waals surface area contributed by atoms with Crippen LogP contribution >= 0.6 is 0 Å². The molecule has 128 valence electrons. The summed E-state index contributed by atoms with van der Waals surface area (Å²) in [7, 11) is 0.